The minimum atomic E-state index is -6.52. The predicted molar refractivity (Wildman–Crippen MR) is 76.1 cm³/mol. The molecule has 0 aliphatic rings. The lowest BCUT2D eigenvalue weighted by molar-refractivity contribution is -0.292. The number of hydrogen-bond donors (Lipinski definition) is 1. The van der Waals surface area contributed by atoms with Gasteiger partial charge in [0.2, 0.25) is 0 Å². The van der Waals surface area contributed by atoms with E-state index in [1.807, 2.05) is 0 Å². The monoisotopic (exact) mass is 639 g/mol. The fourth-order valence-electron chi connectivity index (χ4n) is 1.13. The van der Waals surface area contributed by atoms with Crippen molar-refractivity contribution in [3.05, 3.63) is 0 Å². The standard InChI is InChI=1S/C8H4Br4F11N/c9-3(15,2(13,14)1-24)6(18,19)4(10,16)7(20,21)5(11,17)8(12,22)23/h1,24H2. The molecule has 146 valence electrons. The average Bonchev–Trinajstić information content (AvgIpc) is 2.36. The molecule has 0 saturated carbocycles. The third-order valence-electron chi connectivity index (χ3n) is 2.65. The zero-order valence-electron chi connectivity index (χ0n) is 10.5. The molecule has 1 nitrogen and oxygen atoms in total. The van der Waals surface area contributed by atoms with E-state index in [2.05, 4.69) is 5.73 Å². The molecular weight excluding hydrogens is 639 g/mol. The van der Waals surface area contributed by atoms with Crippen molar-refractivity contribution in [3.8, 4) is 0 Å². The number of nitrogens with two attached hydrogens (primary N) is 1. The Bertz CT molecular complexity index is 473. The van der Waals surface area contributed by atoms with Gasteiger partial charge in [0, 0.05) is 0 Å². The average molecular weight is 643 g/mol. The first kappa shape index (κ1) is 25.1. The summed E-state index contributed by atoms with van der Waals surface area (Å²) in [6.45, 7) is -2.22. The van der Waals surface area contributed by atoms with E-state index >= 15 is 0 Å². The summed E-state index contributed by atoms with van der Waals surface area (Å²) < 4.78 is 131. The third-order valence-corrected chi connectivity index (χ3v) is 6.80. The molecule has 0 fully saturated rings. The second-order valence-corrected chi connectivity index (χ2v) is 8.55. The highest BCUT2D eigenvalue weighted by Crippen LogP contribution is 2.66. The van der Waals surface area contributed by atoms with Crippen molar-refractivity contribution >= 4 is 63.7 Å². The summed E-state index contributed by atoms with van der Waals surface area (Å²) in [6.07, 6.45) is 0. The van der Waals surface area contributed by atoms with Crippen LogP contribution in [0.1, 0.15) is 0 Å². The van der Waals surface area contributed by atoms with Gasteiger partial charge in [0.25, 0.3) is 9.16 Å². The molecule has 0 aliphatic carbocycles. The van der Waals surface area contributed by atoms with Gasteiger partial charge >= 0.3 is 27.2 Å². The Morgan fingerprint density at radius 2 is 0.833 bits per heavy atom. The molecule has 0 aromatic rings. The van der Waals surface area contributed by atoms with Crippen LogP contribution >= 0.6 is 63.7 Å². The highest BCUT2D eigenvalue weighted by atomic mass is 79.9. The van der Waals surface area contributed by atoms with Crippen LogP contribution in [-0.4, -0.2) is 42.9 Å². The van der Waals surface area contributed by atoms with Gasteiger partial charge in [-0.3, -0.25) is 0 Å². The molecule has 0 heterocycles. The van der Waals surface area contributed by atoms with Gasteiger partial charge in [-0.1, -0.05) is 0 Å². The van der Waals surface area contributed by atoms with Crippen LogP contribution in [0.3, 0.4) is 0 Å². The lowest BCUT2D eigenvalue weighted by Gasteiger charge is -2.45. The lowest BCUT2D eigenvalue weighted by Crippen LogP contribution is -2.71. The molecule has 0 amide bonds. The van der Waals surface area contributed by atoms with Gasteiger partial charge in [0.15, 0.2) is 0 Å². The van der Waals surface area contributed by atoms with Gasteiger partial charge in [-0.2, -0.15) is 26.3 Å². The summed E-state index contributed by atoms with van der Waals surface area (Å²) in [7, 11) is 0. The summed E-state index contributed by atoms with van der Waals surface area (Å²) >= 11 is 4.00. The molecule has 0 aromatic heterocycles. The van der Waals surface area contributed by atoms with Crippen molar-refractivity contribution in [3.63, 3.8) is 0 Å². The molecule has 0 aromatic carbocycles. The zero-order chi connectivity index (χ0) is 20.2. The van der Waals surface area contributed by atoms with Gasteiger partial charge in [-0.25, -0.2) is 22.0 Å². The summed E-state index contributed by atoms with van der Waals surface area (Å²) in [4.78, 5) is -5.38. The van der Waals surface area contributed by atoms with Crippen molar-refractivity contribution in [2.75, 3.05) is 6.54 Å². The third kappa shape index (κ3) is 3.35. The molecule has 0 bridgehead atoms. The van der Waals surface area contributed by atoms with Gasteiger partial charge in [0.1, 0.15) is 0 Å². The van der Waals surface area contributed by atoms with E-state index in [1.165, 1.54) is 0 Å². The molecule has 3 atom stereocenters. The van der Waals surface area contributed by atoms with Crippen LogP contribution < -0.4 is 5.73 Å². The number of alkyl halides is 15. The summed E-state index contributed by atoms with van der Waals surface area (Å²) in [5, 5.41) is 0. The topological polar surface area (TPSA) is 26.0 Å². The SMILES string of the molecule is NCC(F)(F)C(F)(Br)C(F)(F)C(F)(Br)C(F)(F)C(F)(Br)C(F)(F)Br. The maximum absolute atomic E-state index is 14.0. The second-order valence-electron chi connectivity index (χ2n) is 4.28. The summed E-state index contributed by atoms with van der Waals surface area (Å²) in [5.41, 5.74) is 4.31. The highest BCUT2D eigenvalue weighted by molar-refractivity contribution is 9.13. The van der Waals surface area contributed by atoms with Gasteiger partial charge in [0.05, 0.1) is 6.54 Å². The smallest absolute Gasteiger partial charge is 0.325 e. The van der Waals surface area contributed by atoms with E-state index < -0.39 is 42.9 Å². The van der Waals surface area contributed by atoms with Crippen molar-refractivity contribution < 1.29 is 48.3 Å². The van der Waals surface area contributed by atoms with Gasteiger partial charge in [-0.15, -0.1) is 0 Å². The van der Waals surface area contributed by atoms with E-state index in [0.29, 0.717) is 0 Å². The minimum Gasteiger partial charge on any atom is -0.325 e. The summed E-state index contributed by atoms with van der Waals surface area (Å²) in [5.74, 6) is -18.4. The first-order valence-corrected chi connectivity index (χ1v) is 8.27. The number of rotatable bonds is 7. The zero-order valence-corrected chi connectivity index (χ0v) is 16.8. The molecule has 16 heteroatoms. The molecule has 2 N–H and O–H groups in total. The van der Waals surface area contributed by atoms with Crippen molar-refractivity contribution in [2.24, 2.45) is 5.73 Å². The molecule has 0 spiro atoms. The van der Waals surface area contributed by atoms with Crippen LogP contribution in [0.15, 0.2) is 0 Å². The van der Waals surface area contributed by atoms with E-state index in [4.69, 9.17) is 0 Å². The maximum atomic E-state index is 14.0. The van der Waals surface area contributed by atoms with Crippen LogP contribution in [-0.2, 0) is 0 Å². The highest BCUT2D eigenvalue weighted by Gasteiger charge is 2.88. The molecular formula is C8H4Br4F11N. The quantitative estimate of drug-likeness (QED) is 0.267. The van der Waals surface area contributed by atoms with Gasteiger partial charge in [-0.05, 0) is 63.7 Å². The second kappa shape index (κ2) is 6.62. The Labute approximate surface area is 160 Å². The van der Waals surface area contributed by atoms with Crippen LogP contribution in [0.5, 0.6) is 0 Å². The summed E-state index contributed by atoms with van der Waals surface area (Å²) in [6, 6.07) is 0. The molecule has 0 aliphatic heterocycles. The van der Waals surface area contributed by atoms with E-state index in [9.17, 15) is 48.3 Å². The number of hydrogen-bond acceptors (Lipinski definition) is 1. The van der Waals surface area contributed by atoms with E-state index in [0.717, 1.165) is 63.7 Å². The van der Waals surface area contributed by atoms with E-state index in [1.54, 1.807) is 0 Å². The van der Waals surface area contributed by atoms with Crippen molar-refractivity contribution in [1.29, 1.82) is 0 Å². The first-order valence-electron chi connectivity index (χ1n) is 5.10. The largest absolute Gasteiger partial charge is 0.350 e. The fourth-order valence-corrected chi connectivity index (χ4v) is 3.16. The first-order chi connectivity index (χ1) is 10.1. The lowest BCUT2D eigenvalue weighted by atomic mass is 9.96. The molecule has 3 unspecified atom stereocenters. The van der Waals surface area contributed by atoms with Crippen LogP contribution in [0.4, 0.5) is 48.3 Å². The molecule has 24 heavy (non-hydrogen) atoms. The molecule has 0 radical (unpaired) electrons. The minimum absolute atomic E-state index is 0.876. The Hall–Kier alpha value is 1.11. The Morgan fingerprint density at radius 1 is 0.542 bits per heavy atom. The van der Waals surface area contributed by atoms with Crippen molar-refractivity contribution in [1.82, 2.24) is 0 Å². The van der Waals surface area contributed by atoms with Crippen LogP contribution in [0, 0.1) is 0 Å². The molecule has 0 saturated heterocycles. The number of halogens is 15. The van der Waals surface area contributed by atoms with Gasteiger partial charge < -0.3 is 5.73 Å². The van der Waals surface area contributed by atoms with Crippen molar-refractivity contribution in [2.45, 2.75) is 36.3 Å². The van der Waals surface area contributed by atoms with Crippen LogP contribution in [0.2, 0.25) is 0 Å². The predicted octanol–water partition coefficient (Wildman–Crippen LogP) is 6.02. The van der Waals surface area contributed by atoms with Crippen LogP contribution in [0.25, 0.3) is 0 Å². The Morgan fingerprint density at radius 3 is 1.08 bits per heavy atom. The normalized spacial score (nSPS) is 22.5. The Balaban J connectivity index is 6.42. The fraction of sp³-hybridized carbons (Fsp3) is 1.00. The maximum Gasteiger partial charge on any atom is 0.350 e. The Kier molecular flexibility index (Phi) is 6.92. The van der Waals surface area contributed by atoms with E-state index in [-0.39, 0.29) is 0 Å². The molecule has 0 rings (SSSR count).